The molecule has 1 aliphatic rings. The zero-order valence-electron chi connectivity index (χ0n) is 16.5. The summed E-state index contributed by atoms with van der Waals surface area (Å²) in [6.45, 7) is 1.21. The van der Waals surface area contributed by atoms with Gasteiger partial charge in [0.15, 0.2) is 11.9 Å². The molecular weight excluding hydrogens is 451 g/mol. The molecule has 11 heteroatoms. The van der Waals surface area contributed by atoms with Crippen molar-refractivity contribution in [3.05, 3.63) is 50.9 Å². The zero-order valence-corrected chi connectivity index (χ0v) is 18.1. The smallest absolute Gasteiger partial charge is 0.338 e. The summed E-state index contributed by atoms with van der Waals surface area (Å²) in [6.07, 6.45) is -0.370. The monoisotopic (exact) mass is 468 g/mol. The van der Waals surface area contributed by atoms with Gasteiger partial charge in [0, 0.05) is 12.7 Å². The number of urea groups is 1. The molecule has 0 bridgehead atoms. The molecule has 0 saturated heterocycles. The van der Waals surface area contributed by atoms with Gasteiger partial charge in [-0.2, -0.15) is 0 Å². The summed E-state index contributed by atoms with van der Waals surface area (Å²) in [7, 11) is 1.38. The van der Waals surface area contributed by atoms with Crippen LogP contribution in [0.3, 0.4) is 0 Å². The molecule has 0 fully saturated rings. The highest BCUT2D eigenvalue weighted by Gasteiger charge is 2.40. The van der Waals surface area contributed by atoms with Crippen molar-refractivity contribution in [1.29, 1.82) is 0 Å². The Morgan fingerprint density at radius 2 is 2.06 bits per heavy atom. The van der Waals surface area contributed by atoms with E-state index in [1.165, 1.54) is 18.4 Å². The number of imide groups is 1. The number of halogens is 2. The van der Waals surface area contributed by atoms with Gasteiger partial charge in [0.2, 0.25) is 6.79 Å². The van der Waals surface area contributed by atoms with Crippen LogP contribution in [-0.4, -0.2) is 37.9 Å². The van der Waals surface area contributed by atoms with Crippen LogP contribution in [0.1, 0.15) is 23.8 Å². The molecule has 3 amide bonds. The van der Waals surface area contributed by atoms with Crippen molar-refractivity contribution < 1.29 is 33.0 Å². The van der Waals surface area contributed by atoms with Gasteiger partial charge in [-0.15, -0.1) is 11.3 Å². The Kier molecular flexibility index (Phi) is 6.94. The number of esters is 1. The van der Waals surface area contributed by atoms with E-state index in [0.29, 0.717) is 16.2 Å². The number of thiophene rings is 1. The molecule has 0 aliphatic carbocycles. The van der Waals surface area contributed by atoms with Crippen molar-refractivity contribution in [1.82, 2.24) is 0 Å². The number of rotatable bonds is 7. The molecule has 3 rings (SSSR count). The van der Waals surface area contributed by atoms with Crippen LogP contribution in [0.15, 0.2) is 29.6 Å². The highest BCUT2D eigenvalue weighted by atomic mass is 35.5. The average Bonchev–Trinajstić information content (AvgIpc) is 3.34. The van der Waals surface area contributed by atoms with Crippen LogP contribution in [-0.2, 0) is 23.8 Å². The summed E-state index contributed by atoms with van der Waals surface area (Å²) in [4.78, 5) is 38.2. The third-order valence-corrected chi connectivity index (χ3v) is 5.64. The highest BCUT2D eigenvalue weighted by Crippen LogP contribution is 2.43. The molecule has 2 heterocycles. The lowest BCUT2D eigenvalue weighted by Gasteiger charge is -2.15. The van der Waals surface area contributed by atoms with Crippen molar-refractivity contribution in [2.24, 2.45) is 5.73 Å². The number of carbonyl (C=O) groups is 3. The number of anilines is 1. The van der Waals surface area contributed by atoms with Crippen LogP contribution >= 0.6 is 22.9 Å². The fourth-order valence-electron chi connectivity index (χ4n) is 3.04. The van der Waals surface area contributed by atoms with Crippen LogP contribution in [0.5, 0.6) is 0 Å². The Labute approximate surface area is 185 Å². The van der Waals surface area contributed by atoms with Crippen LogP contribution in [0.4, 0.5) is 14.9 Å². The Hall–Kier alpha value is -2.95. The van der Waals surface area contributed by atoms with Gasteiger partial charge in [-0.05, 0) is 30.0 Å². The highest BCUT2D eigenvalue weighted by molar-refractivity contribution is 7.11. The topological polar surface area (TPSA) is 108 Å². The Balaban J connectivity index is 2.05. The molecule has 1 aliphatic heterocycles. The Bertz CT molecular complexity index is 1050. The molecule has 1 unspecified atom stereocenters. The predicted molar refractivity (Wildman–Crippen MR) is 113 cm³/mol. The third-order valence-electron chi connectivity index (χ3n) is 4.48. The second-order valence-electron chi connectivity index (χ2n) is 6.30. The van der Waals surface area contributed by atoms with Crippen LogP contribution in [0, 0.1) is 5.82 Å². The standard InChI is InChI=1S/C20H18ClFN2O6S/c1-3-14(28-2)19(26)30-9-29-17(15-5-4-6-31-15)16-10-7-12(22)11(21)8-13(10)24(18(16)25)20(23)27/h4-8,14H,3,9H2,1-2H3,(H2,23,27)/b17-16+. The van der Waals surface area contributed by atoms with Crippen molar-refractivity contribution >= 4 is 57.9 Å². The second-order valence-corrected chi connectivity index (χ2v) is 7.66. The summed E-state index contributed by atoms with van der Waals surface area (Å²) < 4.78 is 30.0. The van der Waals surface area contributed by atoms with Crippen molar-refractivity contribution in [3.63, 3.8) is 0 Å². The van der Waals surface area contributed by atoms with Gasteiger partial charge in [-0.3, -0.25) is 4.79 Å². The van der Waals surface area contributed by atoms with Crippen molar-refractivity contribution in [2.45, 2.75) is 19.4 Å². The number of amides is 3. The van der Waals surface area contributed by atoms with E-state index >= 15 is 0 Å². The lowest BCUT2D eigenvalue weighted by molar-refractivity contribution is -0.163. The maximum atomic E-state index is 14.2. The number of primary amides is 1. The fraction of sp³-hybridized carbons (Fsp3) is 0.250. The Morgan fingerprint density at radius 1 is 1.32 bits per heavy atom. The van der Waals surface area contributed by atoms with Crippen molar-refractivity contribution in [2.75, 3.05) is 18.8 Å². The number of nitrogens with two attached hydrogens (primary N) is 1. The van der Waals surface area contributed by atoms with Crippen LogP contribution in [0.25, 0.3) is 11.3 Å². The summed E-state index contributed by atoms with van der Waals surface area (Å²) in [5, 5.41) is 1.45. The van der Waals surface area contributed by atoms with E-state index in [4.69, 9.17) is 31.5 Å². The molecular formula is C20H18ClFN2O6S. The minimum absolute atomic E-state index is 0.00462. The molecule has 1 aromatic carbocycles. The second kappa shape index (κ2) is 9.46. The number of ether oxygens (including phenoxy) is 3. The van der Waals surface area contributed by atoms with Crippen molar-refractivity contribution in [3.8, 4) is 0 Å². The summed E-state index contributed by atoms with van der Waals surface area (Å²) in [5.41, 5.74) is 5.35. The molecule has 0 spiro atoms. The Morgan fingerprint density at radius 3 is 2.65 bits per heavy atom. The number of carbonyl (C=O) groups excluding carboxylic acids is 3. The van der Waals surface area contributed by atoms with Gasteiger partial charge < -0.3 is 19.9 Å². The first-order valence-corrected chi connectivity index (χ1v) is 10.3. The summed E-state index contributed by atoms with van der Waals surface area (Å²) >= 11 is 7.06. The first-order valence-electron chi connectivity index (χ1n) is 9.03. The molecule has 8 nitrogen and oxygen atoms in total. The zero-order chi connectivity index (χ0) is 22.7. The van der Waals surface area contributed by atoms with Crippen LogP contribution in [0.2, 0.25) is 5.02 Å². The number of fused-ring (bicyclic) bond motifs is 1. The van der Waals surface area contributed by atoms with Gasteiger partial charge in [-0.1, -0.05) is 24.6 Å². The number of methoxy groups -OCH3 is 1. The van der Waals surface area contributed by atoms with E-state index in [1.807, 2.05) is 0 Å². The van der Waals surface area contributed by atoms with Gasteiger partial charge in [0.05, 0.1) is 21.2 Å². The van der Waals surface area contributed by atoms with Gasteiger partial charge in [0.1, 0.15) is 5.82 Å². The van der Waals surface area contributed by atoms with Gasteiger partial charge in [0.25, 0.3) is 5.91 Å². The minimum atomic E-state index is -1.06. The molecule has 1 aromatic heterocycles. The maximum absolute atomic E-state index is 14.2. The lowest BCUT2D eigenvalue weighted by atomic mass is 10.0. The minimum Gasteiger partial charge on any atom is -0.455 e. The maximum Gasteiger partial charge on any atom is 0.338 e. The number of nitrogens with zero attached hydrogens (tertiary/aromatic N) is 1. The first-order chi connectivity index (χ1) is 14.8. The van der Waals surface area contributed by atoms with E-state index in [1.54, 1.807) is 24.4 Å². The van der Waals surface area contributed by atoms with Gasteiger partial charge in [-0.25, -0.2) is 18.9 Å². The first kappa shape index (κ1) is 22.7. The van der Waals surface area contributed by atoms with Gasteiger partial charge >= 0.3 is 12.0 Å². The van der Waals surface area contributed by atoms with Crippen LogP contribution < -0.4 is 10.6 Å². The summed E-state index contributed by atoms with van der Waals surface area (Å²) in [6, 6.07) is 4.47. The quantitative estimate of drug-likeness (QED) is 0.287. The predicted octanol–water partition coefficient (Wildman–Crippen LogP) is 3.78. The molecule has 0 radical (unpaired) electrons. The molecule has 2 aromatic rings. The largest absolute Gasteiger partial charge is 0.455 e. The molecule has 2 N–H and O–H groups in total. The molecule has 164 valence electrons. The van der Waals surface area contributed by atoms with E-state index in [0.717, 1.165) is 12.1 Å². The molecule has 31 heavy (non-hydrogen) atoms. The van der Waals surface area contributed by atoms with E-state index in [2.05, 4.69) is 0 Å². The fourth-order valence-corrected chi connectivity index (χ4v) is 3.93. The number of hydrogen-bond donors (Lipinski definition) is 1. The average molecular weight is 469 g/mol. The SMILES string of the molecule is CCC(OC)C(=O)OCO/C(=C1/C(=O)N(C(N)=O)c2cc(Cl)c(F)cc21)c1cccs1. The summed E-state index contributed by atoms with van der Waals surface area (Å²) in [5.74, 6) is -2.25. The lowest BCUT2D eigenvalue weighted by Crippen LogP contribution is -2.38. The van der Waals surface area contributed by atoms with E-state index in [9.17, 15) is 18.8 Å². The number of benzene rings is 1. The molecule has 0 saturated carbocycles. The third kappa shape index (κ3) is 4.41. The van der Waals surface area contributed by atoms with E-state index < -0.39 is 36.6 Å². The molecule has 1 atom stereocenters. The number of hydrogen-bond acceptors (Lipinski definition) is 7. The normalized spacial score (nSPS) is 15.5. The van der Waals surface area contributed by atoms with E-state index in [-0.39, 0.29) is 27.6 Å².